The van der Waals surface area contributed by atoms with Crippen LogP contribution in [0.1, 0.15) is 51.3 Å². The highest BCUT2D eigenvalue weighted by Gasteiger charge is 2.46. The number of nitrogens with zero attached hydrogens (tertiary/aromatic N) is 5. The number of ether oxygens (including phenoxy) is 1. The van der Waals surface area contributed by atoms with Crippen molar-refractivity contribution in [1.82, 2.24) is 25.1 Å². The highest BCUT2D eigenvalue weighted by molar-refractivity contribution is 5.39. The maximum atomic E-state index is 5.38. The second-order valence-electron chi connectivity index (χ2n) is 7.52. The minimum Gasteiger partial charge on any atom is -0.497 e. The van der Waals surface area contributed by atoms with E-state index in [4.69, 9.17) is 4.74 Å². The van der Waals surface area contributed by atoms with Gasteiger partial charge in [0, 0.05) is 6.07 Å². The Bertz CT molecular complexity index is 714. The van der Waals surface area contributed by atoms with Gasteiger partial charge in [0.1, 0.15) is 5.75 Å². The van der Waals surface area contributed by atoms with Gasteiger partial charge in [0.25, 0.3) is 0 Å². The van der Waals surface area contributed by atoms with E-state index in [1.54, 1.807) is 7.11 Å². The van der Waals surface area contributed by atoms with Crippen LogP contribution in [0.5, 0.6) is 5.75 Å². The zero-order chi connectivity index (χ0) is 17.3. The van der Waals surface area contributed by atoms with Crippen molar-refractivity contribution in [3.63, 3.8) is 0 Å². The van der Waals surface area contributed by atoms with Crippen LogP contribution in [0, 0.1) is 5.92 Å². The van der Waals surface area contributed by atoms with Crippen LogP contribution < -0.4 is 4.74 Å². The van der Waals surface area contributed by atoms with Crippen LogP contribution in [0.15, 0.2) is 24.3 Å². The van der Waals surface area contributed by atoms with Gasteiger partial charge in [-0.2, -0.15) is 4.68 Å². The summed E-state index contributed by atoms with van der Waals surface area (Å²) >= 11 is 0. The second-order valence-corrected chi connectivity index (χ2v) is 7.52. The van der Waals surface area contributed by atoms with Crippen molar-refractivity contribution >= 4 is 0 Å². The van der Waals surface area contributed by atoms with E-state index in [1.807, 2.05) is 28.9 Å². The fourth-order valence-electron chi connectivity index (χ4n) is 4.46. The third-order valence-corrected chi connectivity index (χ3v) is 6.00. The van der Waals surface area contributed by atoms with Crippen molar-refractivity contribution in [3.8, 4) is 11.4 Å². The number of benzene rings is 1. The first-order chi connectivity index (χ1) is 12.2. The molecule has 1 saturated heterocycles. The Kier molecular flexibility index (Phi) is 4.46. The van der Waals surface area contributed by atoms with Crippen LogP contribution >= 0.6 is 0 Å². The summed E-state index contributed by atoms with van der Waals surface area (Å²) < 4.78 is 7.31. The van der Waals surface area contributed by atoms with Gasteiger partial charge in [0.2, 0.25) is 0 Å². The summed E-state index contributed by atoms with van der Waals surface area (Å²) in [6.07, 6.45) is 7.30. The number of hydrogen-bond acceptors (Lipinski definition) is 5. The van der Waals surface area contributed by atoms with Crippen molar-refractivity contribution in [2.45, 2.75) is 51.0 Å². The summed E-state index contributed by atoms with van der Waals surface area (Å²) in [6.45, 7) is 4.66. The Balaban J connectivity index is 1.77. The molecule has 1 aliphatic carbocycles. The van der Waals surface area contributed by atoms with E-state index in [1.165, 1.54) is 25.7 Å². The Morgan fingerprint density at radius 1 is 1.16 bits per heavy atom. The minimum absolute atomic E-state index is 0.0322. The van der Waals surface area contributed by atoms with Crippen molar-refractivity contribution in [2.75, 3.05) is 20.2 Å². The van der Waals surface area contributed by atoms with Gasteiger partial charge < -0.3 is 4.74 Å². The maximum absolute atomic E-state index is 5.38. The van der Waals surface area contributed by atoms with Gasteiger partial charge >= 0.3 is 0 Å². The standard InChI is InChI=1S/C19H27N5O/c1-15-8-10-19(11-9-15,23-12-3-4-13-23)18-20-21-22-24(18)16-6-5-7-17(14-16)25-2/h5-7,14-15H,3-4,8-13H2,1-2H3. The number of hydrogen-bond donors (Lipinski definition) is 0. The molecule has 6 heteroatoms. The first-order valence-corrected chi connectivity index (χ1v) is 9.41. The summed E-state index contributed by atoms with van der Waals surface area (Å²) in [6, 6.07) is 7.99. The van der Waals surface area contributed by atoms with E-state index in [-0.39, 0.29) is 5.54 Å². The highest BCUT2D eigenvalue weighted by atomic mass is 16.5. The lowest BCUT2D eigenvalue weighted by Crippen LogP contribution is -2.48. The molecule has 0 unspecified atom stereocenters. The summed E-state index contributed by atoms with van der Waals surface area (Å²) in [5.41, 5.74) is 0.937. The predicted octanol–water partition coefficient (Wildman–Crippen LogP) is 3.17. The van der Waals surface area contributed by atoms with Crippen molar-refractivity contribution in [2.24, 2.45) is 5.92 Å². The molecule has 1 aliphatic heterocycles. The monoisotopic (exact) mass is 341 g/mol. The average molecular weight is 341 g/mol. The maximum Gasteiger partial charge on any atom is 0.176 e. The van der Waals surface area contributed by atoms with Crippen LogP contribution in [0.4, 0.5) is 0 Å². The molecule has 0 N–H and O–H groups in total. The zero-order valence-corrected chi connectivity index (χ0v) is 15.2. The summed E-state index contributed by atoms with van der Waals surface area (Å²) in [4.78, 5) is 2.64. The van der Waals surface area contributed by atoms with Gasteiger partial charge in [0.05, 0.1) is 18.3 Å². The summed E-state index contributed by atoms with van der Waals surface area (Å²) in [5, 5.41) is 12.9. The topological polar surface area (TPSA) is 56.1 Å². The first kappa shape index (κ1) is 16.5. The molecule has 0 spiro atoms. The first-order valence-electron chi connectivity index (χ1n) is 9.41. The predicted molar refractivity (Wildman–Crippen MR) is 95.8 cm³/mol. The van der Waals surface area contributed by atoms with Gasteiger partial charge in [0.15, 0.2) is 5.82 Å². The van der Waals surface area contributed by atoms with Crippen LogP contribution in [-0.2, 0) is 5.54 Å². The largest absolute Gasteiger partial charge is 0.497 e. The molecule has 1 saturated carbocycles. The molecule has 2 fully saturated rings. The third-order valence-electron chi connectivity index (χ3n) is 6.00. The molecule has 4 rings (SSSR count). The molecular formula is C19H27N5O. The van der Waals surface area contributed by atoms with Gasteiger partial charge in [-0.05, 0) is 80.1 Å². The number of methoxy groups -OCH3 is 1. The summed E-state index contributed by atoms with van der Waals surface area (Å²) in [7, 11) is 1.69. The van der Waals surface area contributed by atoms with E-state index in [2.05, 4.69) is 27.3 Å². The van der Waals surface area contributed by atoms with Crippen LogP contribution in [0.2, 0.25) is 0 Å². The van der Waals surface area contributed by atoms with Crippen LogP contribution in [0.25, 0.3) is 5.69 Å². The molecule has 134 valence electrons. The molecule has 1 aromatic carbocycles. The van der Waals surface area contributed by atoms with Crippen LogP contribution in [-0.4, -0.2) is 45.3 Å². The van der Waals surface area contributed by atoms with E-state index < -0.39 is 0 Å². The van der Waals surface area contributed by atoms with E-state index in [0.29, 0.717) is 0 Å². The van der Waals surface area contributed by atoms with E-state index >= 15 is 0 Å². The number of rotatable bonds is 4. The van der Waals surface area contributed by atoms with Crippen molar-refractivity contribution in [3.05, 3.63) is 30.1 Å². The lowest BCUT2D eigenvalue weighted by atomic mass is 9.75. The minimum atomic E-state index is -0.0322. The van der Waals surface area contributed by atoms with Crippen LogP contribution in [0.3, 0.4) is 0 Å². The Labute approximate surface area is 149 Å². The SMILES string of the molecule is COc1cccc(-n2nnnc2C2(N3CCCC3)CCC(C)CC2)c1. The smallest absolute Gasteiger partial charge is 0.176 e. The fraction of sp³-hybridized carbons (Fsp3) is 0.632. The molecule has 6 nitrogen and oxygen atoms in total. The molecule has 2 aromatic rings. The molecule has 1 aromatic heterocycles. The molecule has 0 atom stereocenters. The van der Waals surface area contributed by atoms with Gasteiger partial charge in [-0.25, -0.2) is 0 Å². The molecule has 0 bridgehead atoms. The Morgan fingerprint density at radius 2 is 1.92 bits per heavy atom. The number of tetrazole rings is 1. The normalized spacial score (nSPS) is 27.5. The molecule has 0 radical (unpaired) electrons. The molecule has 25 heavy (non-hydrogen) atoms. The third kappa shape index (κ3) is 2.92. The zero-order valence-electron chi connectivity index (χ0n) is 15.2. The average Bonchev–Trinajstić information content (AvgIpc) is 3.35. The quantitative estimate of drug-likeness (QED) is 0.855. The molecule has 2 aliphatic rings. The van der Waals surface area contributed by atoms with Gasteiger partial charge in [-0.15, -0.1) is 5.10 Å². The fourth-order valence-corrected chi connectivity index (χ4v) is 4.46. The molecular weight excluding hydrogens is 314 g/mol. The molecule has 2 heterocycles. The second kappa shape index (κ2) is 6.75. The van der Waals surface area contributed by atoms with Gasteiger partial charge in [-0.3, -0.25) is 4.90 Å². The summed E-state index contributed by atoms with van der Waals surface area (Å²) in [5.74, 6) is 2.61. The van der Waals surface area contributed by atoms with Crippen molar-refractivity contribution < 1.29 is 4.74 Å². The Morgan fingerprint density at radius 3 is 2.64 bits per heavy atom. The molecule has 0 amide bonds. The van der Waals surface area contributed by atoms with E-state index in [0.717, 1.165) is 49.1 Å². The number of aromatic nitrogens is 4. The van der Waals surface area contributed by atoms with E-state index in [9.17, 15) is 0 Å². The van der Waals surface area contributed by atoms with Crippen molar-refractivity contribution in [1.29, 1.82) is 0 Å². The highest BCUT2D eigenvalue weighted by Crippen LogP contribution is 2.45. The number of likely N-dealkylation sites (tertiary alicyclic amines) is 1. The lowest BCUT2D eigenvalue weighted by molar-refractivity contribution is 0.0455. The lowest BCUT2D eigenvalue weighted by Gasteiger charge is -2.44. The van der Waals surface area contributed by atoms with Gasteiger partial charge in [-0.1, -0.05) is 13.0 Å². The Hall–Kier alpha value is -1.95.